The van der Waals surface area contributed by atoms with Gasteiger partial charge in [-0.05, 0) is 49.7 Å². The summed E-state index contributed by atoms with van der Waals surface area (Å²) in [7, 11) is 0. The molecule has 1 aromatic heterocycles. The normalized spacial score (nSPS) is 10.6. The van der Waals surface area contributed by atoms with Crippen molar-refractivity contribution in [2.45, 2.75) is 13.8 Å². The molecule has 0 spiro atoms. The first-order chi connectivity index (χ1) is 11.9. The van der Waals surface area contributed by atoms with Crippen LogP contribution in [0.25, 0.3) is 0 Å². The number of halogens is 3. The summed E-state index contributed by atoms with van der Waals surface area (Å²) in [4.78, 5) is 8.62. The number of anilines is 4. The fourth-order valence-electron chi connectivity index (χ4n) is 2.30. The van der Waals surface area contributed by atoms with E-state index in [0.29, 0.717) is 22.2 Å². The third-order valence-electron chi connectivity index (χ3n) is 3.48. The predicted octanol–water partition coefficient (Wildman–Crippen LogP) is 5.51. The van der Waals surface area contributed by atoms with Crippen LogP contribution in [-0.2, 0) is 0 Å². The van der Waals surface area contributed by atoms with Gasteiger partial charge in [0.25, 0.3) is 0 Å². The van der Waals surface area contributed by atoms with Gasteiger partial charge < -0.3 is 10.6 Å². The molecule has 2 N–H and O–H groups in total. The Bertz CT molecular complexity index is 931. The summed E-state index contributed by atoms with van der Waals surface area (Å²) in [5.41, 5.74) is 2.91. The number of nitrogens with one attached hydrogen (secondary N) is 2. The number of benzene rings is 2. The molecule has 4 nitrogen and oxygen atoms in total. The van der Waals surface area contributed by atoms with Crippen molar-refractivity contribution in [3.05, 3.63) is 70.4 Å². The van der Waals surface area contributed by atoms with Crippen molar-refractivity contribution in [2.24, 2.45) is 0 Å². The lowest BCUT2D eigenvalue weighted by atomic mass is 10.2. The van der Waals surface area contributed by atoms with Gasteiger partial charge in [0.15, 0.2) is 11.6 Å². The lowest BCUT2D eigenvalue weighted by Crippen LogP contribution is -2.03. The average molecular weight is 361 g/mol. The lowest BCUT2D eigenvalue weighted by Gasteiger charge is -2.12. The summed E-state index contributed by atoms with van der Waals surface area (Å²) >= 11 is 5.96. The molecule has 25 heavy (non-hydrogen) atoms. The SMILES string of the molecule is Cc1cc(Nc2ccc(Cl)cc2C)nc(Nc2ccc(F)c(F)c2)n1. The van der Waals surface area contributed by atoms with Gasteiger partial charge in [0.05, 0.1) is 0 Å². The highest BCUT2D eigenvalue weighted by molar-refractivity contribution is 6.30. The molecule has 7 heteroatoms. The van der Waals surface area contributed by atoms with Gasteiger partial charge in [-0.3, -0.25) is 0 Å². The molecular formula is C18H15ClF2N4. The second kappa shape index (κ2) is 7.03. The maximum absolute atomic E-state index is 13.3. The maximum Gasteiger partial charge on any atom is 0.229 e. The van der Waals surface area contributed by atoms with Gasteiger partial charge in [0, 0.05) is 34.2 Å². The van der Waals surface area contributed by atoms with E-state index < -0.39 is 11.6 Å². The van der Waals surface area contributed by atoms with Crippen LogP contribution in [0.4, 0.5) is 31.9 Å². The second-order valence-corrected chi connectivity index (χ2v) is 5.99. The second-order valence-electron chi connectivity index (χ2n) is 5.56. The largest absolute Gasteiger partial charge is 0.340 e. The van der Waals surface area contributed by atoms with Crippen LogP contribution in [0.2, 0.25) is 5.02 Å². The van der Waals surface area contributed by atoms with Gasteiger partial charge in [-0.1, -0.05) is 11.6 Å². The van der Waals surface area contributed by atoms with Crippen LogP contribution in [0.3, 0.4) is 0 Å². The Morgan fingerprint density at radius 2 is 1.68 bits per heavy atom. The zero-order valence-electron chi connectivity index (χ0n) is 13.6. The molecule has 0 aliphatic carbocycles. The Hall–Kier alpha value is -2.73. The van der Waals surface area contributed by atoms with Crippen molar-refractivity contribution in [1.29, 1.82) is 0 Å². The highest BCUT2D eigenvalue weighted by Gasteiger charge is 2.07. The smallest absolute Gasteiger partial charge is 0.229 e. The standard InChI is InChI=1S/C18H15ClF2N4/c1-10-7-12(19)3-6-16(10)24-17-8-11(2)22-18(25-17)23-13-4-5-14(20)15(21)9-13/h3-9H,1-2H3,(H2,22,23,24,25). The van der Waals surface area contributed by atoms with Gasteiger partial charge >= 0.3 is 0 Å². The quantitative estimate of drug-likeness (QED) is 0.644. The Balaban J connectivity index is 1.86. The number of aromatic nitrogens is 2. The highest BCUT2D eigenvalue weighted by atomic mass is 35.5. The Morgan fingerprint density at radius 3 is 2.40 bits per heavy atom. The molecule has 0 bridgehead atoms. The molecule has 0 saturated heterocycles. The van der Waals surface area contributed by atoms with E-state index >= 15 is 0 Å². The van der Waals surface area contributed by atoms with E-state index in [1.165, 1.54) is 6.07 Å². The van der Waals surface area contributed by atoms with Crippen LogP contribution >= 0.6 is 11.6 Å². The molecule has 0 unspecified atom stereocenters. The van der Waals surface area contributed by atoms with Crippen LogP contribution < -0.4 is 10.6 Å². The zero-order valence-corrected chi connectivity index (χ0v) is 14.3. The van der Waals surface area contributed by atoms with Crippen molar-refractivity contribution < 1.29 is 8.78 Å². The van der Waals surface area contributed by atoms with E-state index in [1.807, 2.05) is 26.0 Å². The van der Waals surface area contributed by atoms with E-state index in [2.05, 4.69) is 20.6 Å². The Morgan fingerprint density at radius 1 is 0.880 bits per heavy atom. The third-order valence-corrected chi connectivity index (χ3v) is 3.72. The number of aryl methyl sites for hydroxylation is 2. The molecule has 0 aliphatic heterocycles. The minimum absolute atomic E-state index is 0.278. The van der Waals surface area contributed by atoms with Crippen LogP contribution in [-0.4, -0.2) is 9.97 Å². The molecule has 0 radical (unpaired) electrons. The molecule has 0 saturated carbocycles. The third kappa shape index (κ3) is 4.22. The van der Waals surface area contributed by atoms with E-state index in [1.54, 1.807) is 12.1 Å². The Kier molecular flexibility index (Phi) is 4.81. The minimum Gasteiger partial charge on any atom is -0.340 e. The molecule has 0 atom stereocenters. The van der Waals surface area contributed by atoms with Gasteiger partial charge in [-0.15, -0.1) is 0 Å². The van der Waals surface area contributed by atoms with Crippen molar-refractivity contribution in [3.8, 4) is 0 Å². The minimum atomic E-state index is -0.937. The van der Waals surface area contributed by atoms with Crippen LogP contribution in [0, 0.1) is 25.5 Å². The topological polar surface area (TPSA) is 49.8 Å². The molecule has 128 valence electrons. The van der Waals surface area contributed by atoms with Gasteiger partial charge in [0.2, 0.25) is 5.95 Å². The fourth-order valence-corrected chi connectivity index (χ4v) is 2.52. The van der Waals surface area contributed by atoms with Crippen molar-refractivity contribution in [3.63, 3.8) is 0 Å². The summed E-state index contributed by atoms with van der Waals surface area (Å²) in [6.45, 7) is 3.75. The Labute approximate surface area is 148 Å². The molecule has 1 heterocycles. The molecule has 0 fully saturated rings. The summed E-state index contributed by atoms with van der Waals surface area (Å²) in [5, 5.41) is 6.73. The summed E-state index contributed by atoms with van der Waals surface area (Å²) < 4.78 is 26.3. The zero-order chi connectivity index (χ0) is 18.0. The first-order valence-electron chi connectivity index (χ1n) is 7.51. The van der Waals surface area contributed by atoms with Crippen LogP contribution in [0.15, 0.2) is 42.5 Å². The first-order valence-corrected chi connectivity index (χ1v) is 7.89. The fraction of sp³-hybridized carbons (Fsp3) is 0.111. The predicted molar refractivity (Wildman–Crippen MR) is 95.9 cm³/mol. The van der Waals surface area contributed by atoms with E-state index in [4.69, 9.17) is 11.6 Å². The van der Waals surface area contributed by atoms with E-state index in [-0.39, 0.29) is 5.95 Å². The first kappa shape index (κ1) is 17.1. The summed E-state index contributed by atoms with van der Waals surface area (Å²) in [6.07, 6.45) is 0. The van der Waals surface area contributed by atoms with Gasteiger partial charge in [-0.25, -0.2) is 13.8 Å². The van der Waals surface area contributed by atoms with Crippen LogP contribution in [0.5, 0.6) is 0 Å². The van der Waals surface area contributed by atoms with E-state index in [0.717, 1.165) is 23.4 Å². The molecule has 2 aromatic carbocycles. The lowest BCUT2D eigenvalue weighted by molar-refractivity contribution is 0.509. The number of hydrogen-bond acceptors (Lipinski definition) is 4. The number of rotatable bonds is 4. The van der Waals surface area contributed by atoms with Crippen LogP contribution in [0.1, 0.15) is 11.3 Å². The van der Waals surface area contributed by atoms with Gasteiger partial charge in [0.1, 0.15) is 5.82 Å². The highest BCUT2D eigenvalue weighted by Crippen LogP contribution is 2.24. The molecule has 3 rings (SSSR count). The molecule has 3 aromatic rings. The summed E-state index contributed by atoms with van der Waals surface area (Å²) in [5.74, 6) is -0.993. The monoisotopic (exact) mass is 360 g/mol. The molecular weight excluding hydrogens is 346 g/mol. The number of hydrogen-bond donors (Lipinski definition) is 2. The average Bonchev–Trinajstić information content (AvgIpc) is 2.53. The molecule has 0 amide bonds. The maximum atomic E-state index is 13.3. The molecule has 0 aliphatic rings. The number of nitrogens with zero attached hydrogens (tertiary/aromatic N) is 2. The van der Waals surface area contributed by atoms with E-state index in [9.17, 15) is 8.78 Å². The van der Waals surface area contributed by atoms with Gasteiger partial charge in [-0.2, -0.15) is 4.98 Å². The van der Waals surface area contributed by atoms with Crippen molar-refractivity contribution in [1.82, 2.24) is 9.97 Å². The van der Waals surface area contributed by atoms with Crippen molar-refractivity contribution >= 4 is 34.7 Å². The summed E-state index contributed by atoms with van der Waals surface area (Å²) in [6, 6.07) is 10.8. The van der Waals surface area contributed by atoms with Crippen molar-refractivity contribution in [2.75, 3.05) is 10.6 Å².